The molecule has 0 aliphatic carbocycles. The molecule has 1 aliphatic heterocycles. The number of hydrogen-bond acceptors (Lipinski definition) is 8. The molecule has 0 atom stereocenters. The molecular weight excluding hydrogens is 270 g/mol. The molecule has 2 N–H and O–H groups in total. The van der Waals surface area contributed by atoms with Crippen molar-refractivity contribution in [2.75, 3.05) is 35.7 Å². The molecule has 1 saturated heterocycles. The Balaban J connectivity index is 1.75. The Hall–Kier alpha value is -2.38. The van der Waals surface area contributed by atoms with Crippen molar-refractivity contribution in [3.05, 3.63) is 18.0 Å². The summed E-state index contributed by atoms with van der Waals surface area (Å²) in [6, 6.07) is 1.80. The van der Waals surface area contributed by atoms with Crippen molar-refractivity contribution in [3.8, 4) is 0 Å². The Bertz CT molecular complexity index is 566. The fourth-order valence-corrected chi connectivity index (χ4v) is 2.29. The van der Waals surface area contributed by atoms with Gasteiger partial charge in [-0.05, 0) is 19.3 Å². The summed E-state index contributed by atoms with van der Waals surface area (Å²) < 4.78 is 5.05. The Kier molecular flexibility index (Phi) is 4.13. The van der Waals surface area contributed by atoms with E-state index in [0.29, 0.717) is 24.4 Å². The van der Waals surface area contributed by atoms with Gasteiger partial charge in [-0.2, -0.15) is 15.0 Å². The van der Waals surface area contributed by atoms with Crippen LogP contribution in [0.1, 0.15) is 25.0 Å². The highest BCUT2D eigenvalue weighted by molar-refractivity contribution is 5.43. The quantitative estimate of drug-likeness (QED) is 0.855. The van der Waals surface area contributed by atoms with Gasteiger partial charge in [0.1, 0.15) is 0 Å². The zero-order valence-corrected chi connectivity index (χ0v) is 12.0. The zero-order chi connectivity index (χ0) is 14.5. The average molecular weight is 289 g/mol. The number of anilines is 3. The molecule has 1 aliphatic rings. The van der Waals surface area contributed by atoms with Gasteiger partial charge in [0.05, 0.1) is 12.7 Å². The normalized spacial score (nSPS) is 15.0. The maximum atomic E-state index is 5.05. The third-order valence-electron chi connectivity index (χ3n) is 3.40. The Morgan fingerprint density at radius 2 is 1.95 bits per heavy atom. The lowest BCUT2D eigenvalue weighted by Crippen LogP contribution is -2.31. The summed E-state index contributed by atoms with van der Waals surface area (Å²) in [7, 11) is 1.80. The second kappa shape index (κ2) is 6.38. The number of aromatic nitrogens is 4. The Morgan fingerprint density at radius 1 is 1.14 bits per heavy atom. The number of nitrogens with one attached hydrogen (secondary N) is 2. The van der Waals surface area contributed by atoms with Crippen LogP contribution in [-0.4, -0.2) is 40.2 Å². The van der Waals surface area contributed by atoms with Crippen molar-refractivity contribution in [1.82, 2.24) is 20.1 Å². The number of piperidine rings is 1. The van der Waals surface area contributed by atoms with E-state index >= 15 is 0 Å². The maximum absolute atomic E-state index is 5.05. The third kappa shape index (κ3) is 3.39. The molecule has 2 aromatic rings. The van der Waals surface area contributed by atoms with Gasteiger partial charge in [-0.1, -0.05) is 5.16 Å². The van der Waals surface area contributed by atoms with E-state index in [0.717, 1.165) is 18.8 Å². The molecule has 0 bridgehead atoms. The predicted molar refractivity (Wildman–Crippen MR) is 79.3 cm³/mol. The summed E-state index contributed by atoms with van der Waals surface area (Å²) in [6.07, 6.45) is 5.25. The number of hydrogen-bond donors (Lipinski definition) is 2. The van der Waals surface area contributed by atoms with E-state index in [1.54, 1.807) is 19.3 Å². The van der Waals surface area contributed by atoms with Crippen LogP contribution in [0, 0.1) is 0 Å². The maximum Gasteiger partial charge on any atom is 0.231 e. The average Bonchev–Trinajstić information content (AvgIpc) is 3.07. The monoisotopic (exact) mass is 289 g/mol. The number of rotatable bonds is 5. The molecule has 112 valence electrons. The predicted octanol–water partition coefficient (Wildman–Crippen LogP) is 1.50. The topological polar surface area (TPSA) is 92.0 Å². The zero-order valence-electron chi connectivity index (χ0n) is 12.0. The molecule has 1 fully saturated rings. The second-order valence-corrected chi connectivity index (χ2v) is 4.91. The van der Waals surface area contributed by atoms with Crippen LogP contribution in [0.4, 0.5) is 17.8 Å². The Labute approximate surface area is 123 Å². The molecule has 2 aromatic heterocycles. The minimum absolute atomic E-state index is 0.493. The summed E-state index contributed by atoms with van der Waals surface area (Å²) in [6.45, 7) is 2.48. The highest BCUT2D eigenvalue weighted by Crippen LogP contribution is 2.18. The van der Waals surface area contributed by atoms with Crippen molar-refractivity contribution in [3.63, 3.8) is 0 Å². The molecule has 0 radical (unpaired) electrons. The summed E-state index contributed by atoms with van der Waals surface area (Å²) in [5, 5.41) is 9.78. The van der Waals surface area contributed by atoms with Crippen LogP contribution in [0.5, 0.6) is 0 Å². The number of nitrogens with zero attached hydrogens (tertiary/aromatic N) is 5. The first-order valence-electron chi connectivity index (χ1n) is 7.17. The first kappa shape index (κ1) is 13.6. The van der Waals surface area contributed by atoms with E-state index < -0.39 is 0 Å². The van der Waals surface area contributed by atoms with Crippen LogP contribution in [0.25, 0.3) is 0 Å². The molecule has 3 heterocycles. The summed E-state index contributed by atoms with van der Waals surface area (Å²) in [5.41, 5.74) is 0. The van der Waals surface area contributed by atoms with E-state index in [2.05, 4.69) is 35.6 Å². The van der Waals surface area contributed by atoms with Gasteiger partial charge in [0.2, 0.25) is 17.8 Å². The fourth-order valence-electron chi connectivity index (χ4n) is 2.29. The van der Waals surface area contributed by atoms with Gasteiger partial charge in [0, 0.05) is 26.2 Å². The molecule has 0 aromatic carbocycles. The highest BCUT2D eigenvalue weighted by Gasteiger charge is 2.16. The highest BCUT2D eigenvalue weighted by atomic mass is 16.5. The van der Waals surface area contributed by atoms with Gasteiger partial charge in [0.25, 0.3) is 0 Å². The van der Waals surface area contributed by atoms with Crippen LogP contribution in [0.3, 0.4) is 0 Å². The van der Waals surface area contributed by atoms with Gasteiger partial charge in [-0.25, -0.2) is 0 Å². The van der Waals surface area contributed by atoms with Crippen molar-refractivity contribution in [2.45, 2.75) is 25.8 Å². The molecule has 0 spiro atoms. The lowest BCUT2D eigenvalue weighted by Gasteiger charge is -2.26. The SMILES string of the molecule is CNc1nc(NCc2ccno2)nc(N2CCCCC2)n1. The molecule has 0 unspecified atom stereocenters. The summed E-state index contributed by atoms with van der Waals surface area (Å²) in [4.78, 5) is 15.4. The van der Waals surface area contributed by atoms with Gasteiger partial charge in [0.15, 0.2) is 5.76 Å². The minimum Gasteiger partial charge on any atom is -0.360 e. The molecule has 21 heavy (non-hydrogen) atoms. The second-order valence-electron chi connectivity index (χ2n) is 4.91. The molecule has 0 amide bonds. The van der Waals surface area contributed by atoms with Crippen molar-refractivity contribution in [1.29, 1.82) is 0 Å². The largest absolute Gasteiger partial charge is 0.360 e. The van der Waals surface area contributed by atoms with E-state index in [9.17, 15) is 0 Å². The molecule has 0 saturated carbocycles. The smallest absolute Gasteiger partial charge is 0.231 e. The van der Waals surface area contributed by atoms with Gasteiger partial charge < -0.3 is 20.1 Å². The lowest BCUT2D eigenvalue weighted by molar-refractivity contribution is 0.387. The lowest BCUT2D eigenvalue weighted by atomic mass is 10.1. The van der Waals surface area contributed by atoms with Crippen LogP contribution >= 0.6 is 0 Å². The standard InChI is InChI=1S/C13H19N7O/c1-14-11-17-12(15-9-10-5-6-16-21-10)19-13(18-11)20-7-3-2-4-8-20/h5-6H,2-4,7-9H2,1H3,(H2,14,15,17,18,19). The van der Waals surface area contributed by atoms with Gasteiger partial charge >= 0.3 is 0 Å². The van der Waals surface area contributed by atoms with Crippen LogP contribution in [-0.2, 0) is 6.54 Å². The molecule has 8 nitrogen and oxygen atoms in total. The van der Waals surface area contributed by atoms with E-state index in [1.807, 2.05) is 0 Å². The molecule has 8 heteroatoms. The van der Waals surface area contributed by atoms with E-state index in [-0.39, 0.29) is 0 Å². The van der Waals surface area contributed by atoms with Crippen LogP contribution in [0.15, 0.2) is 16.8 Å². The van der Waals surface area contributed by atoms with Gasteiger partial charge in [-0.15, -0.1) is 0 Å². The Morgan fingerprint density at radius 3 is 2.67 bits per heavy atom. The third-order valence-corrected chi connectivity index (χ3v) is 3.40. The van der Waals surface area contributed by atoms with Crippen molar-refractivity contribution in [2.24, 2.45) is 0 Å². The van der Waals surface area contributed by atoms with Crippen LogP contribution < -0.4 is 15.5 Å². The summed E-state index contributed by atoms with van der Waals surface area (Å²) in [5.74, 6) is 2.55. The van der Waals surface area contributed by atoms with E-state index in [1.165, 1.54) is 19.3 Å². The minimum atomic E-state index is 0.493. The fraction of sp³-hybridized carbons (Fsp3) is 0.538. The van der Waals surface area contributed by atoms with Crippen molar-refractivity contribution >= 4 is 17.8 Å². The molecule has 3 rings (SSSR count). The summed E-state index contributed by atoms with van der Waals surface area (Å²) >= 11 is 0. The molecular formula is C13H19N7O. The van der Waals surface area contributed by atoms with E-state index in [4.69, 9.17) is 4.52 Å². The first-order valence-corrected chi connectivity index (χ1v) is 7.17. The van der Waals surface area contributed by atoms with Gasteiger partial charge in [-0.3, -0.25) is 0 Å². The van der Waals surface area contributed by atoms with Crippen molar-refractivity contribution < 1.29 is 4.52 Å². The van der Waals surface area contributed by atoms with Crippen LogP contribution in [0.2, 0.25) is 0 Å². The first-order chi connectivity index (χ1) is 10.3.